The van der Waals surface area contributed by atoms with Gasteiger partial charge in [-0.1, -0.05) is 23.7 Å². The molecule has 100 valence electrons. The van der Waals surface area contributed by atoms with E-state index in [1.807, 2.05) is 6.07 Å². The van der Waals surface area contributed by atoms with Gasteiger partial charge in [-0.15, -0.1) is 0 Å². The molecule has 0 aromatic heterocycles. The Morgan fingerprint density at radius 3 is 2.55 bits per heavy atom. The first-order valence-corrected chi connectivity index (χ1v) is 6.42. The topological polar surface area (TPSA) is 40.9 Å². The Morgan fingerprint density at radius 1 is 1.25 bits per heavy atom. The number of ketones is 1. The highest BCUT2D eigenvalue weighted by molar-refractivity contribution is 6.30. The fraction of sp³-hybridized carbons (Fsp3) is 0.125. The van der Waals surface area contributed by atoms with Crippen molar-refractivity contribution in [3.63, 3.8) is 0 Å². The Bertz CT molecular complexity index is 661. The third-order valence-corrected chi connectivity index (χ3v) is 3.21. The van der Waals surface area contributed by atoms with E-state index < -0.39 is 11.7 Å². The lowest BCUT2D eigenvalue weighted by atomic mass is 9.93. The average Bonchev–Trinajstić information content (AvgIpc) is 2.45. The van der Waals surface area contributed by atoms with Crippen LogP contribution in [0.1, 0.15) is 28.3 Å². The monoisotopic (exact) mass is 287 g/mol. The normalized spacial score (nSPS) is 11.7. The zero-order valence-corrected chi connectivity index (χ0v) is 11.3. The highest BCUT2D eigenvalue weighted by Crippen LogP contribution is 2.22. The standard InChI is InChI=1S/C16H11ClFNO/c17-14-6-4-11(5-7-14)16(20)9-13(10-19)12-2-1-3-15(18)8-12/h1-8,13H,9H2/t13-/m1/s1. The minimum Gasteiger partial charge on any atom is -0.294 e. The molecule has 2 nitrogen and oxygen atoms in total. The van der Waals surface area contributed by atoms with Crippen LogP contribution in [0.3, 0.4) is 0 Å². The van der Waals surface area contributed by atoms with Gasteiger partial charge in [0.1, 0.15) is 5.82 Å². The lowest BCUT2D eigenvalue weighted by Crippen LogP contribution is -2.06. The van der Waals surface area contributed by atoms with Crippen molar-refractivity contribution in [2.24, 2.45) is 0 Å². The van der Waals surface area contributed by atoms with E-state index in [0.717, 1.165) is 0 Å². The number of carbonyl (C=O) groups excluding carboxylic acids is 1. The van der Waals surface area contributed by atoms with Crippen LogP contribution in [0.5, 0.6) is 0 Å². The van der Waals surface area contributed by atoms with Crippen molar-refractivity contribution in [2.75, 3.05) is 0 Å². The van der Waals surface area contributed by atoms with Crippen LogP contribution in [0.25, 0.3) is 0 Å². The second-order valence-corrected chi connectivity index (χ2v) is 4.81. The first-order chi connectivity index (χ1) is 9.60. The Hall–Kier alpha value is -2.18. The molecule has 0 aliphatic rings. The van der Waals surface area contributed by atoms with Gasteiger partial charge in [0.25, 0.3) is 0 Å². The molecule has 2 rings (SSSR count). The molecule has 0 aliphatic heterocycles. The van der Waals surface area contributed by atoms with Crippen LogP contribution in [-0.4, -0.2) is 5.78 Å². The van der Waals surface area contributed by atoms with Crippen LogP contribution in [0.4, 0.5) is 4.39 Å². The predicted molar refractivity (Wildman–Crippen MR) is 75.2 cm³/mol. The van der Waals surface area contributed by atoms with Crippen LogP contribution >= 0.6 is 11.6 Å². The molecule has 0 saturated carbocycles. The Balaban J connectivity index is 2.17. The summed E-state index contributed by atoms with van der Waals surface area (Å²) in [5.41, 5.74) is 1.00. The number of nitrogens with zero attached hydrogens (tertiary/aromatic N) is 1. The van der Waals surface area contributed by atoms with Crippen molar-refractivity contribution in [3.05, 3.63) is 70.5 Å². The van der Waals surface area contributed by atoms with Gasteiger partial charge in [-0.3, -0.25) is 4.79 Å². The van der Waals surface area contributed by atoms with Gasteiger partial charge >= 0.3 is 0 Å². The zero-order chi connectivity index (χ0) is 14.5. The molecule has 0 fully saturated rings. The molecule has 2 aromatic carbocycles. The van der Waals surface area contributed by atoms with Crippen molar-refractivity contribution in [2.45, 2.75) is 12.3 Å². The number of carbonyl (C=O) groups is 1. The average molecular weight is 288 g/mol. The van der Waals surface area contributed by atoms with Gasteiger partial charge in [0.2, 0.25) is 0 Å². The van der Waals surface area contributed by atoms with Crippen LogP contribution in [0, 0.1) is 17.1 Å². The summed E-state index contributed by atoms with van der Waals surface area (Å²) in [6, 6.07) is 14.3. The quantitative estimate of drug-likeness (QED) is 0.784. The molecule has 0 bridgehead atoms. The highest BCUT2D eigenvalue weighted by atomic mass is 35.5. The summed E-state index contributed by atoms with van der Waals surface area (Å²) in [4.78, 5) is 12.1. The maximum absolute atomic E-state index is 13.2. The minimum atomic E-state index is -0.658. The van der Waals surface area contributed by atoms with E-state index in [9.17, 15) is 9.18 Å². The van der Waals surface area contributed by atoms with E-state index in [1.54, 1.807) is 30.3 Å². The summed E-state index contributed by atoms with van der Waals surface area (Å²) in [5, 5.41) is 9.71. The minimum absolute atomic E-state index is 0.0155. The van der Waals surface area contributed by atoms with Gasteiger partial charge < -0.3 is 0 Å². The van der Waals surface area contributed by atoms with Gasteiger partial charge in [0, 0.05) is 17.0 Å². The summed E-state index contributed by atoms with van der Waals surface area (Å²) < 4.78 is 13.2. The molecule has 0 radical (unpaired) electrons. The molecule has 0 N–H and O–H groups in total. The zero-order valence-electron chi connectivity index (χ0n) is 10.5. The number of halogens is 2. The molecule has 0 heterocycles. The number of hydrogen-bond acceptors (Lipinski definition) is 2. The summed E-state index contributed by atoms with van der Waals surface area (Å²) in [7, 11) is 0. The van der Waals surface area contributed by atoms with Crippen molar-refractivity contribution < 1.29 is 9.18 Å². The van der Waals surface area contributed by atoms with E-state index >= 15 is 0 Å². The van der Waals surface area contributed by atoms with Crippen molar-refractivity contribution in [3.8, 4) is 6.07 Å². The molecule has 0 amide bonds. The van der Waals surface area contributed by atoms with Crippen molar-refractivity contribution in [1.82, 2.24) is 0 Å². The number of rotatable bonds is 4. The van der Waals surface area contributed by atoms with E-state index in [4.69, 9.17) is 16.9 Å². The van der Waals surface area contributed by atoms with E-state index in [0.29, 0.717) is 16.1 Å². The lowest BCUT2D eigenvalue weighted by molar-refractivity contribution is 0.0979. The second kappa shape index (κ2) is 6.31. The summed E-state index contributed by atoms with van der Waals surface area (Å²) >= 11 is 5.76. The van der Waals surface area contributed by atoms with Crippen LogP contribution in [-0.2, 0) is 0 Å². The van der Waals surface area contributed by atoms with Gasteiger partial charge in [-0.25, -0.2) is 4.39 Å². The lowest BCUT2D eigenvalue weighted by Gasteiger charge is -2.09. The first-order valence-electron chi connectivity index (χ1n) is 6.04. The molecule has 0 saturated heterocycles. The molecule has 20 heavy (non-hydrogen) atoms. The number of hydrogen-bond donors (Lipinski definition) is 0. The number of benzene rings is 2. The third kappa shape index (κ3) is 3.43. The SMILES string of the molecule is N#C[C@@H](CC(=O)c1ccc(Cl)cc1)c1cccc(F)c1. The fourth-order valence-electron chi connectivity index (χ4n) is 1.90. The molecule has 4 heteroatoms. The molecule has 0 spiro atoms. The van der Waals surface area contributed by atoms with Gasteiger partial charge in [-0.2, -0.15) is 5.26 Å². The molecule has 1 atom stereocenters. The summed E-state index contributed by atoms with van der Waals surface area (Å²) in [6.45, 7) is 0. The summed E-state index contributed by atoms with van der Waals surface area (Å²) in [5.74, 6) is -1.24. The van der Waals surface area contributed by atoms with Crippen LogP contribution in [0.2, 0.25) is 5.02 Å². The first kappa shape index (κ1) is 14.2. The number of Topliss-reactive ketones (excluding diaryl/α,β-unsaturated/α-hetero) is 1. The van der Waals surface area contributed by atoms with Crippen LogP contribution < -0.4 is 0 Å². The second-order valence-electron chi connectivity index (χ2n) is 4.37. The summed E-state index contributed by atoms with van der Waals surface area (Å²) in [6.07, 6.45) is 0.0155. The van der Waals surface area contributed by atoms with E-state index in [2.05, 4.69) is 0 Å². The van der Waals surface area contributed by atoms with Crippen LogP contribution in [0.15, 0.2) is 48.5 Å². The highest BCUT2D eigenvalue weighted by Gasteiger charge is 2.17. The molecule has 2 aromatic rings. The van der Waals surface area contributed by atoms with Crippen molar-refractivity contribution in [1.29, 1.82) is 5.26 Å². The Labute approximate surface area is 121 Å². The molecule has 0 unspecified atom stereocenters. The van der Waals surface area contributed by atoms with Crippen molar-refractivity contribution >= 4 is 17.4 Å². The fourth-order valence-corrected chi connectivity index (χ4v) is 2.03. The molecular weight excluding hydrogens is 277 g/mol. The Morgan fingerprint density at radius 2 is 1.95 bits per heavy atom. The third-order valence-electron chi connectivity index (χ3n) is 2.96. The molecule has 0 aliphatic carbocycles. The maximum atomic E-state index is 13.2. The Kier molecular flexibility index (Phi) is 4.49. The maximum Gasteiger partial charge on any atom is 0.164 e. The van der Waals surface area contributed by atoms with E-state index in [-0.39, 0.29) is 12.2 Å². The smallest absolute Gasteiger partial charge is 0.164 e. The van der Waals surface area contributed by atoms with Gasteiger partial charge in [0.05, 0.1) is 12.0 Å². The number of nitriles is 1. The predicted octanol–water partition coefficient (Wildman–Crippen LogP) is 4.36. The van der Waals surface area contributed by atoms with Gasteiger partial charge in [0.15, 0.2) is 5.78 Å². The molecular formula is C16H11ClFNO. The van der Waals surface area contributed by atoms with Gasteiger partial charge in [-0.05, 0) is 42.0 Å². The van der Waals surface area contributed by atoms with E-state index in [1.165, 1.54) is 18.2 Å². The largest absolute Gasteiger partial charge is 0.294 e.